The molecule has 7 nitrogen and oxygen atoms in total. The Labute approximate surface area is 177 Å². The Kier molecular flexibility index (Phi) is 5.46. The minimum Gasteiger partial charge on any atom is -0.510 e. The van der Waals surface area contributed by atoms with Crippen molar-refractivity contribution in [3.63, 3.8) is 0 Å². The van der Waals surface area contributed by atoms with Crippen LogP contribution in [0.4, 0.5) is 0 Å². The number of hydrogen-bond donors (Lipinski definition) is 1. The molecule has 0 atom stereocenters. The molecule has 150 valence electrons. The molecule has 0 saturated heterocycles. The summed E-state index contributed by atoms with van der Waals surface area (Å²) in [5, 5.41) is 21.0. The number of fused-ring (bicyclic) bond motifs is 1. The van der Waals surface area contributed by atoms with Gasteiger partial charge in [-0.3, -0.25) is 4.57 Å². The average molecular weight is 417 g/mol. The molecule has 2 aromatic heterocycles. The number of rotatable bonds is 6. The van der Waals surface area contributed by atoms with Crippen molar-refractivity contribution in [3.05, 3.63) is 72.5 Å². The Balaban J connectivity index is 1.60. The number of imidazole rings is 2. The highest BCUT2D eigenvalue weighted by Gasteiger charge is 2.17. The summed E-state index contributed by atoms with van der Waals surface area (Å²) in [6.07, 6.45) is 3.55. The SMILES string of the molecule is COc1ccc(-n2ccnc2SC/C(O)=C(\C#N)c2nc3ccccc3n2C)cc1. The number of nitrogens with zero attached hydrogens (tertiary/aromatic N) is 5. The summed E-state index contributed by atoms with van der Waals surface area (Å²) in [5.74, 6) is 1.37. The molecule has 0 aliphatic heterocycles. The van der Waals surface area contributed by atoms with Crippen molar-refractivity contribution in [2.75, 3.05) is 12.9 Å². The molecule has 0 aliphatic carbocycles. The molecule has 0 bridgehead atoms. The van der Waals surface area contributed by atoms with Crippen LogP contribution in [0.3, 0.4) is 0 Å². The van der Waals surface area contributed by atoms with Crippen molar-refractivity contribution in [2.24, 2.45) is 7.05 Å². The fourth-order valence-corrected chi connectivity index (χ4v) is 4.00. The van der Waals surface area contributed by atoms with Crippen LogP contribution >= 0.6 is 11.8 Å². The second-order valence-electron chi connectivity index (χ2n) is 6.48. The van der Waals surface area contributed by atoms with Crippen LogP contribution in [0.15, 0.2) is 71.8 Å². The maximum absolute atomic E-state index is 10.7. The molecule has 2 heterocycles. The van der Waals surface area contributed by atoms with Gasteiger partial charge in [-0.15, -0.1) is 0 Å². The Hall–Kier alpha value is -3.70. The van der Waals surface area contributed by atoms with Crippen LogP contribution < -0.4 is 4.74 Å². The molecular weight excluding hydrogens is 398 g/mol. The maximum Gasteiger partial charge on any atom is 0.173 e. The predicted molar refractivity (Wildman–Crippen MR) is 117 cm³/mol. The molecule has 2 aromatic carbocycles. The van der Waals surface area contributed by atoms with Crippen molar-refractivity contribution >= 4 is 28.4 Å². The highest BCUT2D eigenvalue weighted by Crippen LogP contribution is 2.27. The Morgan fingerprint density at radius 3 is 2.67 bits per heavy atom. The lowest BCUT2D eigenvalue weighted by Gasteiger charge is -2.09. The third-order valence-electron chi connectivity index (χ3n) is 4.71. The summed E-state index contributed by atoms with van der Waals surface area (Å²) in [7, 11) is 3.46. The first-order valence-electron chi connectivity index (χ1n) is 9.17. The molecule has 8 heteroatoms. The van der Waals surface area contributed by atoms with Crippen molar-refractivity contribution in [3.8, 4) is 17.5 Å². The molecule has 0 spiro atoms. The number of aliphatic hydroxyl groups is 1. The van der Waals surface area contributed by atoms with Crippen LogP contribution in [0.25, 0.3) is 22.3 Å². The molecule has 4 rings (SSSR count). The minimum absolute atomic E-state index is 0.0369. The largest absolute Gasteiger partial charge is 0.510 e. The topological polar surface area (TPSA) is 88.9 Å². The van der Waals surface area contributed by atoms with Gasteiger partial charge in [0.2, 0.25) is 0 Å². The Morgan fingerprint density at radius 1 is 1.20 bits per heavy atom. The zero-order valence-electron chi connectivity index (χ0n) is 16.5. The van der Waals surface area contributed by atoms with Crippen molar-refractivity contribution in [2.45, 2.75) is 5.16 Å². The van der Waals surface area contributed by atoms with E-state index in [4.69, 9.17) is 4.74 Å². The van der Waals surface area contributed by atoms with E-state index < -0.39 is 0 Å². The molecular formula is C22H19N5O2S. The standard InChI is InChI=1S/C22H19N5O2S/c1-26-19-6-4-3-5-18(19)25-21(26)17(13-23)20(28)14-30-22-24-11-12-27(22)15-7-9-16(29-2)10-8-15/h3-12,28H,14H2,1-2H3/b20-17-. The summed E-state index contributed by atoms with van der Waals surface area (Å²) in [6, 6.07) is 17.3. The molecule has 0 radical (unpaired) electrons. The van der Waals surface area contributed by atoms with Crippen LogP contribution in [0.5, 0.6) is 5.75 Å². The third kappa shape index (κ3) is 3.63. The fourth-order valence-electron chi connectivity index (χ4n) is 3.15. The van der Waals surface area contributed by atoms with E-state index >= 15 is 0 Å². The highest BCUT2D eigenvalue weighted by atomic mass is 32.2. The number of aliphatic hydroxyl groups excluding tert-OH is 1. The van der Waals surface area contributed by atoms with Crippen LogP contribution in [-0.2, 0) is 7.05 Å². The number of nitriles is 1. The minimum atomic E-state index is -0.0369. The molecule has 0 fully saturated rings. The monoisotopic (exact) mass is 417 g/mol. The lowest BCUT2D eigenvalue weighted by atomic mass is 10.2. The van der Waals surface area contributed by atoms with Gasteiger partial charge in [0.25, 0.3) is 0 Å². The zero-order chi connectivity index (χ0) is 21.1. The van der Waals surface area contributed by atoms with Gasteiger partial charge in [0, 0.05) is 25.1 Å². The second-order valence-corrected chi connectivity index (χ2v) is 7.43. The number of hydrogen-bond acceptors (Lipinski definition) is 6. The van der Waals surface area contributed by atoms with Crippen LogP contribution in [0.1, 0.15) is 5.82 Å². The first-order chi connectivity index (χ1) is 14.6. The molecule has 0 aliphatic rings. The van der Waals surface area contributed by atoms with Crippen LogP contribution in [0.2, 0.25) is 0 Å². The van der Waals surface area contributed by atoms with Gasteiger partial charge >= 0.3 is 0 Å². The summed E-state index contributed by atoms with van der Waals surface area (Å²) >= 11 is 1.34. The van der Waals surface area contributed by atoms with E-state index in [1.807, 2.05) is 70.9 Å². The average Bonchev–Trinajstić information content (AvgIpc) is 3.38. The van der Waals surface area contributed by atoms with E-state index in [0.717, 1.165) is 22.5 Å². The van der Waals surface area contributed by atoms with E-state index in [1.54, 1.807) is 13.3 Å². The van der Waals surface area contributed by atoms with E-state index in [0.29, 0.717) is 11.0 Å². The number of thioether (sulfide) groups is 1. The molecule has 30 heavy (non-hydrogen) atoms. The molecule has 0 unspecified atom stereocenters. The van der Waals surface area contributed by atoms with Gasteiger partial charge in [0.05, 0.1) is 23.9 Å². The molecule has 4 aromatic rings. The number of allylic oxidation sites excluding steroid dienone is 1. The van der Waals surface area contributed by atoms with Gasteiger partial charge in [0.1, 0.15) is 23.2 Å². The molecule has 0 amide bonds. The van der Waals surface area contributed by atoms with E-state index in [2.05, 4.69) is 16.0 Å². The lowest BCUT2D eigenvalue weighted by molar-refractivity contribution is 0.414. The second kappa shape index (κ2) is 8.35. The van der Waals surface area contributed by atoms with Gasteiger partial charge in [-0.25, -0.2) is 9.97 Å². The third-order valence-corrected chi connectivity index (χ3v) is 5.68. The lowest BCUT2D eigenvalue weighted by Crippen LogP contribution is -2.02. The summed E-state index contributed by atoms with van der Waals surface area (Å²) in [5.41, 5.74) is 2.76. The maximum atomic E-state index is 10.7. The van der Waals surface area contributed by atoms with Crippen molar-refractivity contribution < 1.29 is 9.84 Å². The number of benzene rings is 2. The number of ether oxygens (including phenoxy) is 1. The number of para-hydroxylation sites is 2. The zero-order valence-corrected chi connectivity index (χ0v) is 17.3. The number of aromatic nitrogens is 4. The predicted octanol–water partition coefficient (Wildman–Crippen LogP) is 4.35. The normalized spacial score (nSPS) is 11.9. The summed E-state index contributed by atoms with van der Waals surface area (Å²) < 4.78 is 8.93. The van der Waals surface area contributed by atoms with Gasteiger partial charge in [-0.1, -0.05) is 23.9 Å². The Bertz CT molecular complexity index is 1260. The molecule has 0 saturated carbocycles. The number of methoxy groups -OCH3 is 1. The highest BCUT2D eigenvalue weighted by molar-refractivity contribution is 7.99. The summed E-state index contributed by atoms with van der Waals surface area (Å²) in [4.78, 5) is 8.89. The van der Waals surface area contributed by atoms with Crippen LogP contribution in [-0.4, -0.2) is 37.1 Å². The van der Waals surface area contributed by atoms with E-state index in [-0.39, 0.29) is 17.1 Å². The van der Waals surface area contributed by atoms with Crippen LogP contribution in [0, 0.1) is 11.3 Å². The summed E-state index contributed by atoms with van der Waals surface area (Å²) in [6.45, 7) is 0. The number of aryl methyl sites for hydroxylation is 1. The van der Waals surface area contributed by atoms with E-state index in [9.17, 15) is 10.4 Å². The van der Waals surface area contributed by atoms with Gasteiger partial charge in [-0.2, -0.15) is 5.26 Å². The van der Waals surface area contributed by atoms with Crippen molar-refractivity contribution in [1.29, 1.82) is 5.26 Å². The van der Waals surface area contributed by atoms with E-state index in [1.165, 1.54) is 11.8 Å². The van der Waals surface area contributed by atoms with Gasteiger partial charge in [0.15, 0.2) is 11.0 Å². The fraction of sp³-hybridized carbons (Fsp3) is 0.136. The first kappa shape index (κ1) is 19.6. The Morgan fingerprint density at radius 2 is 1.97 bits per heavy atom. The smallest absolute Gasteiger partial charge is 0.173 e. The van der Waals surface area contributed by atoms with Crippen molar-refractivity contribution in [1.82, 2.24) is 19.1 Å². The first-order valence-corrected chi connectivity index (χ1v) is 10.2. The molecule has 1 N–H and O–H groups in total. The quantitative estimate of drug-likeness (QED) is 0.285. The van der Waals surface area contributed by atoms with Gasteiger partial charge in [-0.05, 0) is 36.4 Å². The van der Waals surface area contributed by atoms with Gasteiger partial charge < -0.3 is 14.4 Å².